The first-order valence-electron chi connectivity index (χ1n) is 3.99. The molecule has 2 rings (SSSR count). The molecule has 0 aliphatic heterocycles. The third kappa shape index (κ3) is 1.43. The van der Waals surface area contributed by atoms with E-state index in [2.05, 4.69) is 9.97 Å². The van der Waals surface area contributed by atoms with Crippen molar-refractivity contribution >= 4 is 23.6 Å². The number of hydrogen-bond acceptors (Lipinski definition) is 3. The van der Waals surface area contributed by atoms with Crippen molar-refractivity contribution in [2.45, 2.75) is 6.92 Å². The molecule has 0 aliphatic carbocycles. The molecular formula is C8H9BN2O2. The van der Waals surface area contributed by atoms with Crippen LogP contribution in [0.5, 0.6) is 0 Å². The molecule has 0 fully saturated rings. The van der Waals surface area contributed by atoms with Crippen LogP contribution in [-0.4, -0.2) is 27.1 Å². The fourth-order valence-electron chi connectivity index (χ4n) is 1.32. The van der Waals surface area contributed by atoms with Gasteiger partial charge in [-0.2, -0.15) is 0 Å². The van der Waals surface area contributed by atoms with Gasteiger partial charge in [0.15, 0.2) is 0 Å². The first-order valence-corrected chi connectivity index (χ1v) is 3.99. The Balaban J connectivity index is 2.61. The summed E-state index contributed by atoms with van der Waals surface area (Å²) >= 11 is 0. The average molecular weight is 176 g/mol. The number of nitrogens with one attached hydrogen (secondary N) is 1. The van der Waals surface area contributed by atoms with Gasteiger partial charge in [-0.05, 0) is 24.5 Å². The van der Waals surface area contributed by atoms with E-state index in [0.717, 1.165) is 16.9 Å². The van der Waals surface area contributed by atoms with Gasteiger partial charge in [0.2, 0.25) is 0 Å². The van der Waals surface area contributed by atoms with Crippen molar-refractivity contribution in [3.63, 3.8) is 0 Å². The van der Waals surface area contributed by atoms with Crippen molar-refractivity contribution in [2.75, 3.05) is 0 Å². The van der Waals surface area contributed by atoms with Gasteiger partial charge in [0.25, 0.3) is 0 Å². The smallest absolute Gasteiger partial charge is 0.423 e. The van der Waals surface area contributed by atoms with Crippen LogP contribution in [0.1, 0.15) is 5.82 Å². The molecule has 0 saturated heterocycles. The summed E-state index contributed by atoms with van der Waals surface area (Å²) in [6.07, 6.45) is 0. The lowest BCUT2D eigenvalue weighted by atomic mass is 9.80. The Morgan fingerprint density at radius 2 is 2.15 bits per heavy atom. The largest absolute Gasteiger partial charge is 0.488 e. The number of imidazole rings is 1. The molecule has 0 amide bonds. The van der Waals surface area contributed by atoms with Gasteiger partial charge < -0.3 is 15.0 Å². The fourth-order valence-corrected chi connectivity index (χ4v) is 1.32. The Kier molecular flexibility index (Phi) is 1.83. The van der Waals surface area contributed by atoms with Crippen LogP contribution in [0.15, 0.2) is 18.2 Å². The van der Waals surface area contributed by atoms with Crippen LogP contribution < -0.4 is 5.46 Å². The molecule has 1 aromatic carbocycles. The molecule has 13 heavy (non-hydrogen) atoms. The zero-order valence-electron chi connectivity index (χ0n) is 7.15. The first-order chi connectivity index (χ1) is 6.16. The predicted octanol–water partition coefficient (Wildman–Crippen LogP) is -0.449. The Morgan fingerprint density at radius 3 is 2.85 bits per heavy atom. The molecule has 5 heteroatoms. The van der Waals surface area contributed by atoms with Gasteiger partial charge in [-0.1, -0.05) is 6.07 Å². The van der Waals surface area contributed by atoms with E-state index in [1.165, 1.54) is 0 Å². The van der Waals surface area contributed by atoms with E-state index in [9.17, 15) is 0 Å². The SMILES string of the molecule is Cc1nc2ccc(B(O)O)cc2[nH]1. The minimum absolute atomic E-state index is 0.469. The van der Waals surface area contributed by atoms with E-state index >= 15 is 0 Å². The Hall–Kier alpha value is -1.33. The van der Waals surface area contributed by atoms with Crippen molar-refractivity contribution in [3.05, 3.63) is 24.0 Å². The second-order valence-electron chi connectivity index (χ2n) is 2.97. The van der Waals surface area contributed by atoms with Crippen LogP contribution in [0.4, 0.5) is 0 Å². The van der Waals surface area contributed by atoms with Crippen LogP contribution >= 0.6 is 0 Å². The van der Waals surface area contributed by atoms with Crippen molar-refractivity contribution < 1.29 is 10.0 Å². The number of nitrogens with zero attached hydrogens (tertiary/aromatic N) is 1. The van der Waals surface area contributed by atoms with Crippen LogP contribution in [0.25, 0.3) is 11.0 Å². The highest BCUT2D eigenvalue weighted by atomic mass is 16.4. The highest BCUT2D eigenvalue weighted by Gasteiger charge is 2.11. The summed E-state index contributed by atoms with van der Waals surface area (Å²) in [5.41, 5.74) is 2.13. The molecule has 66 valence electrons. The maximum atomic E-state index is 8.91. The molecule has 2 aromatic rings. The number of rotatable bonds is 1. The van der Waals surface area contributed by atoms with Gasteiger partial charge >= 0.3 is 7.12 Å². The molecule has 0 atom stereocenters. The van der Waals surface area contributed by atoms with E-state index in [1.54, 1.807) is 18.2 Å². The van der Waals surface area contributed by atoms with E-state index in [1.807, 2.05) is 6.92 Å². The average Bonchev–Trinajstić information content (AvgIpc) is 2.42. The maximum Gasteiger partial charge on any atom is 0.488 e. The van der Waals surface area contributed by atoms with Gasteiger partial charge in [-0.3, -0.25) is 0 Å². The monoisotopic (exact) mass is 176 g/mol. The molecule has 0 bridgehead atoms. The van der Waals surface area contributed by atoms with Gasteiger partial charge in [-0.15, -0.1) is 0 Å². The topological polar surface area (TPSA) is 69.1 Å². The second-order valence-corrected chi connectivity index (χ2v) is 2.97. The predicted molar refractivity (Wildman–Crippen MR) is 50.7 cm³/mol. The number of aryl methyl sites for hydroxylation is 1. The summed E-state index contributed by atoms with van der Waals surface area (Å²) in [6.45, 7) is 1.86. The Morgan fingerprint density at radius 1 is 1.38 bits per heavy atom. The number of hydrogen-bond donors (Lipinski definition) is 3. The number of fused-ring (bicyclic) bond motifs is 1. The summed E-state index contributed by atoms with van der Waals surface area (Å²) in [5, 5.41) is 17.8. The minimum atomic E-state index is -1.42. The molecule has 0 spiro atoms. The molecule has 0 unspecified atom stereocenters. The molecule has 1 heterocycles. The van der Waals surface area contributed by atoms with Crippen LogP contribution in [0.2, 0.25) is 0 Å². The Bertz CT molecular complexity index is 439. The van der Waals surface area contributed by atoms with Crippen molar-refractivity contribution in [2.24, 2.45) is 0 Å². The van der Waals surface area contributed by atoms with Crippen molar-refractivity contribution in [1.82, 2.24) is 9.97 Å². The summed E-state index contributed by atoms with van der Waals surface area (Å²) in [7, 11) is -1.42. The van der Waals surface area contributed by atoms with Crippen LogP contribution in [0, 0.1) is 6.92 Å². The van der Waals surface area contributed by atoms with Gasteiger partial charge in [-0.25, -0.2) is 4.98 Å². The fraction of sp³-hybridized carbons (Fsp3) is 0.125. The number of aromatic nitrogens is 2. The van der Waals surface area contributed by atoms with E-state index in [4.69, 9.17) is 10.0 Å². The third-order valence-electron chi connectivity index (χ3n) is 1.92. The quantitative estimate of drug-likeness (QED) is 0.515. The number of benzene rings is 1. The minimum Gasteiger partial charge on any atom is -0.423 e. The number of H-pyrrole nitrogens is 1. The summed E-state index contributed by atoms with van der Waals surface area (Å²) in [6, 6.07) is 5.08. The third-order valence-corrected chi connectivity index (χ3v) is 1.92. The summed E-state index contributed by atoms with van der Waals surface area (Å²) < 4.78 is 0. The van der Waals surface area contributed by atoms with Crippen molar-refractivity contribution in [1.29, 1.82) is 0 Å². The molecule has 1 aromatic heterocycles. The molecule has 4 nitrogen and oxygen atoms in total. The van der Waals surface area contributed by atoms with E-state index < -0.39 is 7.12 Å². The molecule has 3 N–H and O–H groups in total. The summed E-state index contributed by atoms with van der Waals surface area (Å²) in [4.78, 5) is 7.22. The lowest BCUT2D eigenvalue weighted by molar-refractivity contribution is 0.426. The standard InChI is InChI=1S/C8H9BN2O2/c1-5-10-7-3-2-6(9(12)13)4-8(7)11-5/h2-4,12-13H,1H3,(H,10,11). The lowest BCUT2D eigenvalue weighted by Gasteiger charge is -1.97. The normalized spacial score (nSPS) is 10.7. The van der Waals surface area contributed by atoms with Gasteiger partial charge in [0, 0.05) is 0 Å². The second kappa shape index (κ2) is 2.87. The van der Waals surface area contributed by atoms with Gasteiger partial charge in [0.05, 0.1) is 11.0 Å². The van der Waals surface area contributed by atoms with Crippen LogP contribution in [0.3, 0.4) is 0 Å². The summed E-state index contributed by atoms with van der Waals surface area (Å²) in [5.74, 6) is 0.819. The zero-order chi connectivity index (χ0) is 9.42. The van der Waals surface area contributed by atoms with Gasteiger partial charge in [0.1, 0.15) is 5.82 Å². The molecule has 0 radical (unpaired) electrons. The van der Waals surface area contributed by atoms with Crippen molar-refractivity contribution in [3.8, 4) is 0 Å². The first kappa shape index (κ1) is 8.28. The lowest BCUT2D eigenvalue weighted by Crippen LogP contribution is -2.29. The van der Waals surface area contributed by atoms with Crippen LogP contribution in [-0.2, 0) is 0 Å². The Labute approximate surface area is 75.4 Å². The molecule has 0 saturated carbocycles. The zero-order valence-corrected chi connectivity index (χ0v) is 7.15. The highest BCUT2D eigenvalue weighted by Crippen LogP contribution is 2.08. The number of aromatic amines is 1. The van der Waals surface area contributed by atoms with E-state index in [-0.39, 0.29) is 0 Å². The van der Waals surface area contributed by atoms with E-state index in [0.29, 0.717) is 5.46 Å². The highest BCUT2D eigenvalue weighted by molar-refractivity contribution is 6.58. The maximum absolute atomic E-state index is 8.91. The molecule has 0 aliphatic rings. The molecular weight excluding hydrogens is 167 g/mol.